The summed E-state index contributed by atoms with van der Waals surface area (Å²) >= 11 is 0. The number of carboxylic acid groups (broad SMARTS) is 1. The standard InChI is InChI=1S/C10H17NO4/c1-6(12)5-11(4)9(13)7(2)8(3)10(14)15/h6,12H,5H2,1-4H3,(H,14,15). The Bertz CT molecular complexity index is 294. The molecular formula is C10H17NO4. The Balaban J connectivity index is 4.72. The predicted octanol–water partition coefficient (Wildman–Crippen LogP) is 0.247. The van der Waals surface area contributed by atoms with E-state index in [2.05, 4.69) is 0 Å². The van der Waals surface area contributed by atoms with E-state index in [-0.39, 0.29) is 23.6 Å². The van der Waals surface area contributed by atoms with Crippen LogP contribution in [0.2, 0.25) is 0 Å². The third-order valence-electron chi connectivity index (χ3n) is 2.09. The minimum Gasteiger partial charge on any atom is -0.478 e. The van der Waals surface area contributed by atoms with Crippen molar-refractivity contribution in [2.45, 2.75) is 26.9 Å². The van der Waals surface area contributed by atoms with E-state index < -0.39 is 12.1 Å². The Morgan fingerprint density at radius 3 is 2.07 bits per heavy atom. The van der Waals surface area contributed by atoms with Gasteiger partial charge in [0.15, 0.2) is 0 Å². The number of aliphatic hydroxyl groups is 1. The lowest BCUT2D eigenvalue weighted by molar-refractivity contribution is -0.133. The average Bonchev–Trinajstić information content (AvgIpc) is 2.13. The third-order valence-corrected chi connectivity index (χ3v) is 2.09. The Labute approximate surface area is 89.0 Å². The Morgan fingerprint density at radius 1 is 1.27 bits per heavy atom. The van der Waals surface area contributed by atoms with Gasteiger partial charge in [-0.15, -0.1) is 0 Å². The van der Waals surface area contributed by atoms with E-state index in [0.29, 0.717) is 0 Å². The first-order valence-electron chi connectivity index (χ1n) is 4.61. The highest BCUT2D eigenvalue weighted by molar-refractivity contribution is 6.01. The molecule has 0 aromatic carbocycles. The molecule has 0 aromatic rings. The largest absolute Gasteiger partial charge is 0.478 e. The topological polar surface area (TPSA) is 77.8 Å². The summed E-state index contributed by atoms with van der Waals surface area (Å²) in [5.74, 6) is -1.48. The number of hydrogen-bond acceptors (Lipinski definition) is 3. The molecule has 15 heavy (non-hydrogen) atoms. The highest BCUT2D eigenvalue weighted by Gasteiger charge is 2.17. The Kier molecular flexibility index (Phi) is 5.00. The third kappa shape index (κ3) is 4.12. The number of likely N-dealkylation sites (N-methyl/N-ethyl adjacent to an activating group) is 1. The van der Waals surface area contributed by atoms with Crippen LogP contribution in [0.1, 0.15) is 20.8 Å². The summed E-state index contributed by atoms with van der Waals surface area (Å²) in [6.07, 6.45) is -0.628. The lowest BCUT2D eigenvalue weighted by atomic mass is 10.1. The van der Waals surface area contributed by atoms with E-state index in [1.165, 1.54) is 25.8 Å². The van der Waals surface area contributed by atoms with Crippen molar-refractivity contribution in [3.63, 3.8) is 0 Å². The normalized spacial score (nSPS) is 14.2. The Hall–Kier alpha value is -1.36. The monoisotopic (exact) mass is 215 g/mol. The number of carbonyl (C=O) groups is 2. The van der Waals surface area contributed by atoms with Crippen molar-refractivity contribution in [2.75, 3.05) is 13.6 Å². The van der Waals surface area contributed by atoms with E-state index in [4.69, 9.17) is 10.2 Å². The van der Waals surface area contributed by atoms with Crippen LogP contribution in [-0.2, 0) is 9.59 Å². The number of aliphatic hydroxyl groups excluding tert-OH is 1. The van der Waals surface area contributed by atoms with Crippen LogP contribution in [-0.4, -0.2) is 46.7 Å². The molecule has 0 aliphatic carbocycles. The van der Waals surface area contributed by atoms with Crippen LogP contribution < -0.4 is 0 Å². The zero-order valence-corrected chi connectivity index (χ0v) is 9.44. The average molecular weight is 215 g/mol. The quantitative estimate of drug-likeness (QED) is 0.659. The number of carbonyl (C=O) groups excluding carboxylic acids is 1. The first kappa shape index (κ1) is 13.6. The number of aliphatic carboxylic acids is 1. The molecule has 0 bridgehead atoms. The molecule has 1 amide bonds. The molecule has 86 valence electrons. The fourth-order valence-corrected chi connectivity index (χ4v) is 1.09. The first-order valence-corrected chi connectivity index (χ1v) is 4.61. The van der Waals surface area contributed by atoms with Gasteiger partial charge in [-0.05, 0) is 20.8 Å². The van der Waals surface area contributed by atoms with Crippen LogP contribution in [0.15, 0.2) is 11.1 Å². The SMILES string of the molecule is CC(C(=O)O)=C(C)C(=O)N(C)CC(C)O. The summed E-state index contributed by atoms with van der Waals surface area (Å²) in [7, 11) is 1.52. The molecule has 0 radical (unpaired) electrons. The second kappa shape index (κ2) is 5.50. The summed E-state index contributed by atoms with van der Waals surface area (Å²) < 4.78 is 0. The molecule has 0 rings (SSSR count). The second-order valence-corrected chi connectivity index (χ2v) is 3.59. The molecule has 0 saturated heterocycles. The molecule has 0 fully saturated rings. The van der Waals surface area contributed by atoms with Gasteiger partial charge in [0.2, 0.25) is 5.91 Å². The maximum Gasteiger partial charge on any atom is 0.331 e. The molecule has 0 heterocycles. The number of hydrogen-bond donors (Lipinski definition) is 2. The van der Waals surface area contributed by atoms with Crippen molar-refractivity contribution in [3.8, 4) is 0 Å². The van der Waals surface area contributed by atoms with Crippen LogP contribution in [0, 0.1) is 0 Å². The van der Waals surface area contributed by atoms with Gasteiger partial charge < -0.3 is 15.1 Å². The van der Waals surface area contributed by atoms with Crippen molar-refractivity contribution in [2.24, 2.45) is 0 Å². The summed E-state index contributed by atoms with van der Waals surface area (Å²) in [4.78, 5) is 23.5. The Morgan fingerprint density at radius 2 is 1.73 bits per heavy atom. The molecular weight excluding hydrogens is 198 g/mol. The number of amides is 1. The molecule has 5 heteroatoms. The maximum atomic E-state index is 11.6. The molecule has 0 aromatic heterocycles. The van der Waals surface area contributed by atoms with Crippen molar-refractivity contribution in [1.29, 1.82) is 0 Å². The molecule has 0 aliphatic rings. The second-order valence-electron chi connectivity index (χ2n) is 3.59. The predicted molar refractivity (Wildman–Crippen MR) is 55.3 cm³/mol. The molecule has 1 unspecified atom stereocenters. The van der Waals surface area contributed by atoms with Crippen LogP contribution >= 0.6 is 0 Å². The minimum atomic E-state index is -1.11. The van der Waals surface area contributed by atoms with E-state index in [0.717, 1.165) is 0 Å². The van der Waals surface area contributed by atoms with Gasteiger partial charge >= 0.3 is 5.97 Å². The van der Waals surface area contributed by atoms with Gasteiger partial charge in [-0.25, -0.2) is 4.79 Å². The zero-order chi connectivity index (χ0) is 12.2. The van der Waals surface area contributed by atoms with E-state index >= 15 is 0 Å². The fraction of sp³-hybridized carbons (Fsp3) is 0.600. The number of rotatable bonds is 4. The molecule has 1 atom stereocenters. The first-order chi connectivity index (χ1) is 6.77. The minimum absolute atomic E-state index is 0.0254. The van der Waals surface area contributed by atoms with Gasteiger partial charge in [-0.3, -0.25) is 4.79 Å². The van der Waals surface area contributed by atoms with Crippen LogP contribution in [0.3, 0.4) is 0 Å². The molecule has 0 saturated carbocycles. The lowest BCUT2D eigenvalue weighted by Gasteiger charge is -2.19. The van der Waals surface area contributed by atoms with E-state index in [9.17, 15) is 9.59 Å². The van der Waals surface area contributed by atoms with Crippen molar-refractivity contribution in [3.05, 3.63) is 11.1 Å². The summed E-state index contributed by atoms with van der Waals surface area (Å²) in [5.41, 5.74) is 0.211. The lowest BCUT2D eigenvalue weighted by Crippen LogP contribution is -2.34. The van der Waals surface area contributed by atoms with E-state index in [1.807, 2.05) is 0 Å². The maximum absolute atomic E-state index is 11.6. The molecule has 2 N–H and O–H groups in total. The van der Waals surface area contributed by atoms with Crippen molar-refractivity contribution >= 4 is 11.9 Å². The van der Waals surface area contributed by atoms with Crippen LogP contribution in [0.25, 0.3) is 0 Å². The van der Waals surface area contributed by atoms with Gasteiger partial charge in [0, 0.05) is 24.7 Å². The highest BCUT2D eigenvalue weighted by Crippen LogP contribution is 2.07. The summed E-state index contributed by atoms with van der Waals surface area (Å²) in [5, 5.41) is 17.8. The summed E-state index contributed by atoms with van der Waals surface area (Å²) in [6, 6.07) is 0. The smallest absolute Gasteiger partial charge is 0.331 e. The summed E-state index contributed by atoms with van der Waals surface area (Å²) in [6.45, 7) is 4.59. The van der Waals surface area contributed by atoms with Gasteiger partial charge in [0.25, 0.3) is 0 Å². The van der Waals surface area contributed by atoms with Gasteiger partial charge in [-0.1, -0.05) is 0 Å². The van der Waals surface area contributed by atoms with Crippen molar-refractivity contribution in [1.82, 2.24) is 4.90 Å². The fourth-order valence-electron chi connectivity index (χ4n) is 1.09. The van der Waals surface area contributed by atoms with E-state index in [1.54, 1.807) is 6.92 Å². The molecule has 0 spiro atoms. The molecule has 0 aliphatic heterocycles. The zero-order valence-electron chi connectivity index (χ0n) is 9.44. The highest BCUT2D eigenvalue weighted by atomic mass is 16.4. The number of nitrogens with zero attached hydrogens (tertiary/aromatic N) is 1. The van der Waals surface area contributed by atoms with Gasteiger partial charge in [0.1, 0.15) is 0 Å². The van der Waals surface area contributed by atoms with Crippen LogP contribution in [0.4, 0.5) is 0 Å². The molecule has 5 nitrogen and oxygen atoms in total. The van der Waals surface area contributed by atoms with Gasteiger partial charge in [-0.2, -0.15) is 0 Å². The van der Waals surface area contributed by atoms with Gasteiger partial charge in [0.05, 0.1) is 6.10 Å². The van der Waals surface area contributed by atoms with Crippen LogP contribution in [0.5, 0.6) is 0 Å². The van der Waals surface area contributed by atoms with Crippen molar-refractivity contribution < 1.29 is 19.8 Å². The number of carboxylic acids is 1.